The summed E-state index contributed by atoms with van der Waals surface area (Å²) in [6.45, 7) is 11.1. The Morgan fingerprint density at radius 3 is 2.06 bits per heavy atom. The Kier molecular flexibility index (Phi) is 7.24. The quantitative estimate of drug-likeness (QED) is 0.716. The summed E-state index contributed by atoms with van der Waals surface area (Å²) >= 11 is 0. The highest BCUT2D eigenvalue weighted by atomic mass is 32.2. The molecule has 0 aliphatic heterocycles. The molecule has 0 heterocycles. The van der Waals surface area contributed by atoms with Crippen LogP contribution in [0, 0.1) is 11.8 Å². The highest BCUT2D eigenvalue weighted by Crippen LogP contribution is 2.09. The van der Waals surface area contributed by atoms with Crippen LogP contribution in [-0.4, -0.2) is 32.5 Å². The minimum Gasteiger partial charge on any atom is -0.313 e. The SMILES string of the molecule is CCNC(CS(=O)(=O)CCC(C)C)C(C)C. The Hall–Kier alpha value is -0.0900. The van der Waals surface area contributed by atoms with Crippen LogP contribution in [0.15, 0.2) is 0 Å². The van der Waals surface area contributed by atoms with Crippen molar-refractivity contribution in [3.8, 4) is 0 Å². The largest absolute Gasteiger partial charge is 0.313 e. The van der Waals surface area contributed by atoms with E-state index in [1.807, 2.05) is 6.92 Å². The fourth-order valence-corrected chi connectivity index (χ4v) is 3.57. The predicted molar refractivity (Wildman–Crippen MR) is 70.4 cm³/mol. The molecule has 0 saturated heterocycles. The average Bonchev–Trinajstić information content (AvgIpc) is 2.14. The third-order valence-corrected chi connectivity index (χ3v) is 4.44. The molecular formula is C12H27NO2S. The molecule has 0 amide bonds. The molecule has 1 atom stereocenters. The molecule has 0 rings (SSSR count). The van der Waals surface area contributed by atoms with E-state index in [1.165, 1.54) is 0 Å². The molecule has 1 unspecified atom stereocenters. The molecule has 98 valence electrons. The van der Waals surface area contributed by atoms with E-state index < -0.39 is 9.84 Å². The maximum absolute atomic E-state index is 11.9. The zero-order valence-corrected chi connectivity index (χ0v) is 12.1. The van der Waals surface area contributed by atoms with Crippen LogP contribution in [0.1, 0.15) is 41.0 Å². The van der Waals surface area contributed by atoms with Gasteiger partial charge in [-0.1, -0.05) is 34.6 Å². The first-order valence-corrected chi connectivity index (χ1v) is 8.04. The normalized spacial score (nSPS) is 14.7. The summed E-state index contributed by atoms with van der Waals surface area (Å²) in [5.41, 5.74) is 0. The van der Waals surface area contributed by atoms with Crippen LogP contribution in [-0.2, 0) is 9.84 Å². The summed E-state index contributed by atoms with van der Waals surface area (Å²) in [5.74, 6) is 1.39. The van der Waals surface area contributed by atoms with Gasteiger partial charge in [0.05, 0.1) is 11.5 Å². The lowest BCUT2D eigenvalue weighted by molar-refractivity contribution is 0.434. The van der Waals surface area contributed by atoms with E-state index >= 15 is 0 Å². The molecule has 0 spiro atoms. The first-order valence-electron chi connectivity index (χ1n) is 6.22. The molecule has 0 aliphatic carbocycles. The monoisotopic (exact) mass is 249 g/mol. The van der Waals surface area contributed by atoms with Crippen LogP contribution >= 0.6 is 0 Å². The van der Waals surface area contributed by atoms with Crippen molar-refractivity contribution in [2.75, 3.05) is 18.1 Å². The van der Waals surface area contributed by atoms with Crippen molar-refractivity contribution in [1.82, 2.24) is 5.32 Å². The van der Waals surface area contributed by atoms with Gasteiger partial charge in [0.2, 0.25) is 0 Å². The number of sulfone groups is 1. The zero-order chi connectivity index (χ0) is 12.8. The van der Waals surface area contributed by atoms with Gasteiger partial charge in [-0.2, -0.15) is 0 Å². The molecular weight excluding hydrogens is 222 g/mol. The first-order chi connectivity index (χ1) is 7.28. The van der Waals surface area contributed by atoms with E-state index in [2.05, 4.69) is 33.0 Å². The van der Waals surface area contributed by atoms with Crippen LogP contribution in [0.25, 0.3) is 0 Å². The number of nitrogens with one attached hydrogen (secondary N) is 1. The molecule has 0 fully saturated rings. The molecule has 0 aromatic rings. The van der Waals surface area contributed by atoms with Crippen LogP contribution < -0.4 is 5.32 Å². The van der Waals surface area contributed by atoms with E-state index in [0.29, 0.717) is 17.6 Å². The lowest BCUT2D eigenvalue weighted by Crippen LogP contribution is -2.40. The lowest BCUT2D eigenvalue weighted by Gasteiger charge is -2.21. The Labute approximate surface area is 101 Å². The van der Waals surface area contributed by atoms with Crippen LogP contribution in [0.2, 0.25) is 0 Å². The van der Waals surface area contributed by atoms with Gasteiger partial charge in [-0.25, -0.2) is 8.42 Å². The fraction of sp³-hybridized carbons (Fsp3) is 1.00. The van der Waals surface area contributed by atoms with Crippen LogP contribution in [0.5, 0.6) is 0 Å². The van der Waals surface area contributed by atoms with Gasteiger partial charge in [0.15, 0.2) is 9.84 Å². The molecule has 0 aromatic heterocycles. The molecule has 0 bridgehead atoms. The number of hydrogen-bond acceptors (Lipinski definition) is 3. The van der Waals surface area contributed by atoms with Crippen molar-refractivity contribution in [2.24, 2.45) is 11.8 Å². The molecule has 16 heavy (non-hydrogen) atoms. The summed E-state index contributed by atoms with van der Waals surface area (Å²) in [6.07, 6.45) is 0.763. The average molecular weight is 249 g/mol. The van der Waals surface area contributed by atoms with E-state index in [1.54, 1.807) is 0 Å². The third kappa shape index (κ3) is 7.23. The van der Waals surface area contributed by atoms with Gasteiger partial charge in [0.1, 0.15) is 0 Å². The predicted octanol–water partition coefficient (Wildman–Crippen LogP) is 2.08. The van der Waals surface area contributed by atoms with Gasteiger partial charge in [0.25, 0.3) is 0 Å². The number of hydrogen-bond donors (Lipinski definition) is 1. The standard InChI is InChI=1S/C12H27NO2S/c1-6-13-12(11(4)5)9-16(14,15)8-7-10(2)3/h10-13H,6-9H2,1-5H3. The second-order valence-electron chi connectivity index (χ2n) is 5.21. The van der Waals surface area contributed by atoms with Crippen molar-refractivity contribution in [1.29, 1.82) is 0 Å². The summed E-state index contributed by atoms with van der Waals surface area (Å²) < 4.78 is 23.8. The highest BCUT2D eigenvalue weighted by molar-refractivity contribution is 7.91. The molecule has 0 aliphatic rings. The van der Waals surface area contributed by atoms with Gasteiger partial charge >= 0.3 is 0 Å². The Morgan fingerprint density at radius 2 is 1.69 bits per heavy atom. The maximum atomic E-state index is 11.9. The maximum Gasteiger partial charge on any atom is 0.151 e. The number of rotatable bonds is 8. The summed E-state index contributed by atoms with van der Waals surface area (Å²) in [5, 5.41) is 3.25. The van der Waals surface area contributed by atoms with Crippen molar-refractivity contribution < 1.29 is 8.42 Å². The summed E-state index contributed by atoms with van der Waals surface area (Å²) in [7, 11) is -2.91. The zero-order valence-electron chi connectivity index (χ0n) is 11.3. The topological polar surface area (TPSA) is 46.2 Å². The van der Waals surface area contributed by atoms with E-state index in [9.17, 15) is 8.42 Å². The van der Waals surface area contributed by atoms with E-state index in [0.717, 1.165) is 13.0 Å². The van der Waals surface area contributed by atoms with Crippen molar-refractivity contribution in [3.05, 3.63) is 0 Å². The smallest absolute Gasteiger partial charge is 0.151 e. The van der Waals surface area contributed by atoms with Crippen LogP contribution in [0.3, 0.4) is 0 Å². The van der Waals surface area contributed by atoms with Crippen molar-refractivity contribution in [3.63, 3.8) is 0 Å². The molecule has 0 aromatic carbocycles. The molecule has 1 N–H and O–H groups in total. The lowest BCUT2D eigenvalue weighted by atomic mass is 10.1. The van der Waals surface area contributed by atoms with E-state index in [4.69, 9.17) is 0 Å². The van der Waals surface area contributed by atoms with Gasteiger partial charge in [-0.05, 0) is 24.8 Å². The molecule has 4 heteroatoms. The van der Waals surface area contributed by atoms with Gasteiger partial charge in [0, 0.05) is 6.04 Å². The first kappa shape index (κ1) is 15.9. The van der Waals surface area contributed by atoms with Gasteiger partial charge in [-0.15, -0.1) is 0 Å². The van der Waals surface area contributed by atoms with Crippen molar-refractivity contribution in [2.45, 2.75) is 47.1 Å². The second kappa shape index (κ2) is 7.28. The minimum absolute atomic E-state index is 0.0853. The second-order valence-corrected chi connectivity index (χ2v) is 7.43. The summed E-state index contributed by atoms with van der Waals surface area (Å²) in [4.78, 5) is 0. The minimum atomic E-state index is -2.91. The molecule has 0 radical (unpaired) electrons. The third-order valence-electron chi connectivity index (χ3n) is 2.71. The molecule has 0 saturated carbocycles. The van der Waals surface area contributed by atoms with Crippen molar-refractivity contribution >= 4 is 9.84 Å². The Morgan fingerprint density at radius 1 is 1.12 bits per heavy atom. The van der Waals surface area contributed by atoms with Crippen LogP contribution in [0.4, 0.5) is 0 Å². The van der Waals surface area contributed by atoms with Gasteiger partial charge < -0.3 is 5.32 Å². The van der Waals surface area contributed by atoms with E-state index in [-0.39, 0.29) is 11.8 Å². The van der Waals surface area contributed by atoms with Gasteiger partial charge in [-0.3, -0.25) is 0 Å². The highest BCUT2D eigenvalue weighted by Gasteiger charge is 2.21. The molecule has 3 nitrogen and oxygen atoms in total. The summed E-state index contributed by atoms with van der Waals surface area (Å²) in [6, 6.07) is 0.0853. The Balaban J connectivity index is 4.30. The Bertz CT molecular complexity index is 271. The fourth-order valence-electron chi connectivity index (χ4n) is 1.52.